The number of para-hydroxylation sites is 1. The summed E-state index contributed by atoms with van der Waals surface area (Å²) in [7, 11) is -4.04. The standard InChI is InChI=1S/C22H22NO5P/c24-22(25)21(23-16-29(26,27)28-20-9-5-2-6-10-20)15-17-11-13-19(14-12-17)18-7-3-1-4-8-18/h1-14,21,23H,15-16H2,(H,24,25)(H,26,27). The Kier molecular flexibility index (Phi) is 6.83. The highest BCUT2D eigenvalue weighted by molar-refractivity contribution is 7.53. The van der Waals surface area contributed by atoms with E-state index in [2.05, 4.69) is 5.32 Å². The van der Waals surface area contributed by atoms with Crippen LogP contribution in [0.15, 0.2) is 84.9 Å². The maximum absolute atomic E-state index is 12.2. The van der Waals surface area contributed by atoms with Crippen molar-refractivity contribution in [1.29, 1.82) is 0 Å². The van der Waals surface area contributed by atoms with Crippen molar-refractivity contribution >= 4 is 13.6 Å². The van der Waals surface area contributed by atoms with Gasteiger partial charge in [0.15, 0.2) is 0 Å². The average Bonchev–Trinajstić information content (AvgIpc) is 2.72. The van der Waals surface area contributed by atoms with Crippen LogP contribution in [0.4, 0.5) is 0 Å². The fraction of sp³-hybridized carbons (Fsp3) is 0.136. The lowest BCUT2D eigenvalue weighted by Gasteiger charge is -2.18. The molecule has 0 saturated heterocycles. The zero-order chi connectivity index (χ0) is 20.7. The minimum Gasteiger partial charge on any atom is -0.480 e. The van der Waals surface area contributed by atoms with Crippen molar-refractivity contribution in [2.75, 3.05) is 6.29 Å². The minimum atomic E-state index is -4.04. The lowest BCUT2D eigenvalue weighted by Crippen LogP contribution is -2.39. The molecular formula is C22H22NO5P. The van der Waals surface area contributed by atoms with Crippen LogP contribution in [0.5, 0.6) is 5.75 Å². The van der Waals surface area contributed by atoms with Gasteiger partial charge in [-0.15, -0.1) is 0 Å². The predicted octanol–water partition coefficient (Wildman–Crippen LogP) is 4.16. The van der Waals surface area contributed by atoms with Gasteiger partial charge in [0, 0.05) is 0 Å². The molecule has 0 heterocycles. The summed E-state index contributed by atoms with van der Waals surface area (Å²) in [6.07, 6.45) is -0.295. The maximum Gasteiger partial charge on any atom is 0.390 e. The monoisotopic (exact) mass is 411 g/mol. The maximum atomic E-state index is 12.2. The Labute approximate surface area is 169 Å². The molecule has 0 aromatic heterocycles. The van der Waals surface area contributed by atoms with Gasteiger partial charge in [-0.1, -0.05) is 72.8 Å². The molecule has 7 heteroatoms. The van der Waals surface area contributed by atoms with Crippen LogP contribution < -0.4 is 9.84 Å². The van der Waals surface area contributed by atoms with Crippen molar-refractivity contribution in [1.82, 2.24) is 5.32 Å². The van der Waals surface area contributed by atoms with E-state index in [4.69, 9.17) is 4.52 Å². The Morgan fingerprint density at radius 2 is 1.45 bits per heavy atom. The van der Waals surface area contributed by atoms with Gasteiger partial charge >= 0.3 is 13.6 Å². The Morgan fingerprint density at radius 1 is 0.897 bits per heavy atom. The lowest BCUT2D eigenvalue weighted by molar-refractivity contribution is -0.139. The number of carboxylic acid groups (broad SMARTS) is 1. The van der Waals surface area contributed by atoms with Gasteiger partial charge in [-0.05, 0) is 35.2 Å². The molecule has 0 aliphatic carbocycles. The van der Waals surface area contributed by atoms with Crippen LogP contribution in [0.2, 0.25) is 0 Å². The fourth-order valence-corrected chi connectivity index (χ4v) is 3.82. The molecule has 0 radical (unpaired) electrons. The Balaban J connectivity index is 1.61. The van der Waals surface area contributed by atoms with E-state index in [0.29, 0.717) is 0 Å². The summed E-state index contributed by atoms with van der Waals surface area (Å²) < 4.78 is 17.3. The van der Waals surface area contributed by atoms with E-state index in [0.717, 1.165) is 16.7 Å². The molecule has 2 unspecified atom stereocenters. The summed E-state index contributed by atoms with van der Waals surface area (Å²) in [5.74, 6) is -0.847. The molecule has 29 heavy (non-hydrogen) atoms. The predicted molar refractivity (Wildman–Crippen MR) is 112 cm³/mol. The normalized spacial score (nSPS) is 14.0. The van der Waals surface area contributed by atoms with Crippen LogP contribution in [0.1, 0.15) is 5.56 Å². The summed E-state index contributed by atoms with van der Waals surface area (Å²) in [5, 5.41) is 12.1. The van der Waals surface area contributed by atoms with Crippen molar-refractivity contribution in [3.8, 4) is 16.9 Å². The minimum absolute atomic E-state index is 0.176. The first-order chi connectivity index (χ1) is 13.9. The van der Waals surface area contributed by atoms with Crippen molar-refractivity contribution < 1.29 is 23.9 Å². The van der Waals surface area contributed by atoms with E-state index in [1.165, 1.54) is 0 Å². The van der Waals surface area contributed by atoms with Gasteiger partial charge in [-0.25, -0.2) is 4.57 Å². The second kappa shape index (κ2) is 9.52. The van der Waals surface area contributed by atoms with Crippen molar-refractivity contribution in [3.05, 3.63) is 90.5 Å². The highest BCUT2D eigenvalue weighted by atomic mass is 31.2. The van der Waals surface area contributed by atoms with E-state index >= 15 is 0 Å². The molecule has 3 aromatic carbocycles. The van der Waals surface area contributed by atoms with Crippen molar-refractivity contribution in [2.45, 2.75) is 12.5 Å². The number of carbonyl (C=O) groups is 1. The molecule has 2 atom stereocenters. The molecule has 3 N–H and O–H groups in total. The van der Waals surface area contributed by atoms with Crippen molar-refractivity contribution in [2.24, 2.45) is 0 Å². The summed E-state index contributed by atoms with van der Waals surface area (Å²) in [4.78, 5) is 21.6. The first-order valence-electron chi connectivity index (χ1n) is 9.10. The molecule has 3 aromatic rings. The molecule has 3 rings (SSSR count). The zero-order valence-electron chi connectivity index (χ0n) is 15.6. The van der Waals surface area contributed by atoms with E-state index in [1.807, 2.05) is 54.6 Å². The number of rotatable bonds is 9. The van der Waals surface area contributed by atoms with Gasteiger partial charge in [0.2, 0.25) is 0 Å². The molecule has 0 spiro atoms. The third-order valence-corrected chi connectivity index (χ3v) is 5.41. The molecule has 0 fully saturated rings. The van der Waals surface area contributed by atoms with Crippen LogP contribution in [-0.4, -0.2) is 28.3 Å². The highest BCUT2D eigenvalue weighted by Crippen LogP contribution is 2.41. The summed E-state index contributed by atoms with van der Waals surface area (Å²) in [6.45, 7) is 0. The number of hydrogen-bond acceptors (Lipinski definition) is 4. The molecule has 6 nitrogen and oxygen atoms in total. The van der Waals surface area contributed by atoms with Gasteiger partial charge in [0.05, 0.1) is 0 Å². The Morgan fingerprint density at radius 3 is 2.03 bits per heavy atom. The quantitative estimate of drug-likeness (QED) is 0.458. The summed E-state index contributed by atoms with van der Waals surface area (Å²) in [6, 6.07) is 24.7. The summed E-state index contributed by atoms with van der Waals surface area (Å²) in [5.41, 5.74) is 2.91. The number of nitrogens with one attached hydrogen (secondary N) is 1. The van der Waals surface area contributed by atoms with Crippen LogP contribution in [0, 0.1) is 0 Å². The van der Waals surface area contributed by atoms with Gasteiger partial charge < -0.3 is 14.5 Å². The highest BCUT2D eigenvalue weighted by Gasteiger charge is 2.26. The number of aliphatic carboxylic acids is 1. The molecule has 0 amide bonds. The molecule has 0 aliphatic rings. The zero-order valence-corrected chi connectivity index (χ0v) is 16.5. The number of carboxylic acids is 1. The van der Waals surface area contributed by atoms with Crippen LogP contribution in [-0.2, 0) is 15.8 Å². The SMILES string of the molecule is O=C(O)C(Cc1ccc(-c2ccccc2)cc1)NCP(=O)(O)Oc1ccccc1. The van der Waals surface area contributed by atoms with E-state index in [9.17, 15) is 19.4 Å². The van der Waals surface area contributed by atoms with Crippen LogP contribution >= 0.6 is 7.60 Å². The second-order valence-corrected chi connectivity index (χ2v) is 8.34. The Hall–Kier alpha value is -2.92. The van der Waals surface area contributed by atoms with Gasteiger partial charge in [0.25, 0.3) is 0 Å². The van der Waals surface area contributed by atoms with Crippen LogP contribution in [0.25, 0.3) is 11.1 Å². The third-order valence-electron chi connectivity index (χ3n) is 4.33. The largest absolute Gasteiger partial charge is 0.480 e. The third kappa shape index (κ3) is 6.29. The fourth-order valence-electron chi connectivity index (χ4n) is 2.85. The average molecular weight is 411 g/mol. The first-order valence-corrected chi connectivity index (χ1v) is 10.9. The molecule has 0 aliphatic heterocycles. The Bertz CT molecular complexity index is 977. The number of hydrogen-bond donors (Lipinski definition) is 3. The molecule has 150 valence electrons. The van der Waals surface area contributed by atoms with Gasteiger partial charge in [-0.2, -0.15) is 0 Å². The number of benzene rings is 3. The molecule has 0 bridgehead atoms. The second-order valence-electron chi connectivity index (χ2n) is 6.56. The summed E-state index contributed by atoms with van der Waals surface area (Å²) >= 11 is 0. The molecular weight excluding hydrogens is 389 g/mol. The van der Waals surface area contributed by atoms with Gasteiger partial charge in [-0.3, -0.25) is 10.1 Å². The molecule has 0 saturated carbocycles. The lowest BCUT2D eigenvalue weighted by atomic mass is 10.0. The topological polar surface area (TPSA) is 95.9 Å². The first kappa shape index (κ1) is 20.8. The van der Waals surface area contributed by atoms with E-state index in [1.54, 1.807) is 30.3 Å². The van der Waals surface area contributed by atoms with E-state index < -0.39 is 25.9 Å². The van der Waals surface area contributed by atoms with Gasteiger partial charge in [0.1, 0.15) is 18.1 Å². The smallest absolute Gasteiger partial charge is 0.390 e. The van der Waals surface area contributed by atoms with Crippen LogP contribution in [0.3, 0.4) is 0 Å². The van der Waals surface area contributed by atoms with Crippen molar-refractivity contribution in [3.63, 3.8) is 0 Å². The van der Waals surface area contributed by atoms with E-state index in [-0.39, 0.29) is 12.2 Å².